The van der Waals surface area contributed by atoms with E-state index in [0.29, 0.717) is 6.10 Å². The summed E-state index contributed by atoms with van der Waals surface area (Å²) in [5, 5.41) is 0. The molecule has 106 valence electrons. The second kappa shape index (κ2) is 9.11. The van der Waals surface area contributed by atoms with Gasteiger partial charge in [0, 0.05) is 6.61 Å². The van der Waals surface area contributed by atoms with E-state index in [-0.39, 0.29) is 0 Å². The molecule has 2 nitrogen and oxygen atoms in total. The number of hydrogen-bond donors (Lipinski definition) is 0. The number of epoxide rings is 1. The van der Waals surface area contributed by atoms with Gasteiger partial charge in [-0.1, -0.05) is 62.4 Å². The van der Waals surface area contributed by atoms with Gasteiger partial charge in [-0.3, -0.25) is 0 Å². The Hall–Kier alpha value is -0.860. The highest BCUT2D eigenvalue weighted by atomic mass is 16.6. The summed E-state index contributed by atoms with van der Waals surface area (Å²) in [7, 11) is 0. The van der Waals surface area contributed by atoms with Crippen LogP contribution in [0.2, 0.25) is 0 Å². The third-order valence-electron chi connectivity index (χ3n) is 3.58. The fourth-order valence-electron chi connectivity index (χ4n) is 2.28. The van der Waals surface area contributed by atoms with Crippen molar-refractivity contribution in [3.8, 4) is 0 Å². The zero-order chi connectivity index (χ0) is 13.2. The fourth-order valence-corrected chi connectivity index (χ4v) is 2.28. The number of hydrogen-bond acceptors (Lipinski definition) is 2. The molecule has 0 radical (unpaired) electrons. The molecule has 2 heteroatoms. The van der Waals surface area contributed by atoms with E-state index in [1.54, 1.807) is 0 Å². The van der Waals surface area contributed by atoms with Gasteiger partial charge in [-0.15, -0.1) is 0 Å². The van der Waals surface area contributed by atoms with Crippen molar-refractivity contribution < 1.29 is 9.47 Å². The molecular formula is C17H26O2. The van der Waals surface area contributed by atoms with Crippen LogP contribution < -0.4 is 0 Å². The van der Waals surface area contributed by atoms with Crippen LogP contribution in [0.3, 0.4) is 0 Å². The molecule has 1 aliphatic rings. The highest BCUT2D eigenvalue weighted by molar-refractivity contribution is 5.13. The SMILES string of the molecule is c1ccc(COCCCCCCCC[C@H]2CO2)cc1. The van der Waals surface area contributed by atoms with Gasteiger partial charge in [0.25, 0.3) is 0 Å². The van der Waals surface area contributed by atoms with Crippen LogP contribution in [-0.4, -0.2) is 19.3 Å². The molecule has 1 fully saturated rings. The highest BCUT2D eigenvalue weighted by Gasteiger charge is 2.20. The standard InChI is InChI=1S/C17H26O2/c1(3-8-12-17-15-19-17)2-4-9-13-18-14-16-10-6-5-7-11-16/h5-7,10-11,17H,1-4,8-9,12-15H2/t17-/m0/s1. The molecule has 1 atom stereocenters. The molecule has 1 aromatic rings. The molecule has 1 saturated heterocycles. The van der Waals surface area contributed by atoms with Gasteiger partial charge >= 0.3 is 0 Å². The number of ether oxygens (including phenoxy) is 2. The molecule has 0 aromatic heterocycles. The van der Waals surface area contributed by atoms with Crippen LogP contribution in [0.5, 0.6) is 0 Å². The van der Waals surface area contributed by atoms with Crippen LogP contribution in [-0.2, 0) is 16.1 Å². The van der Waals surface area contributed by atoms with Crippen molar-refractivity contribution in [3.63, 3.8) is 0 Å². The summed E-state index contributed by atoms with van der Waals surface area (Å²) < 4.78 is 10.9. The minimum absolute atomic E-state index is 0.617. The molecule has 0 amide bonds. The molecule has 1 heterocycles. The van der Waals surface area contributed by atoms with Crippen molar-refractivity contribution in [2.45, 2.75) is 57.7 Å². The zero-order valence-corrected chi connectivity index (χ0v) is 11.9. The molecule has 0 spiro atoms. The van der Waals surface area contributed by atoms with Crippen molar-refractivity contribution >= 4 is 0 Å². The molecule has 0 aliphatic carbocycles. The first-order valence-electron chi connectivity index (χ1n) is 7.68. The van der Waals surface area contributed by atoms with Crippen LogP contribution in [0.25, 0.3) is 0 Å². The third kappa shape index (κ3) is 7.34. The van der Waals surface area contributed by atoms with Crippen LogP contribution >= 0.6 is 0 Å². The Bertz CT molecular complexity index is 319. The third-order valence-corrected chi connectivity index (χ3v) is 3.58. The normalized spacial score (nSPS) is 17.6. The second-order valence-corrected chi connectivity index (χ2v) is 5.40. The van der Waals surface area contributed by atoms with Crippen LogP contribution in [0.4, 0.5) is 0 Å². The van der Waals surface area contributed by atoms with Gasteiger partial charge in [0.1, 0.15) is 0 Å². The Balaban J connectivity index is 1.32. The Morgan fingerprint density at radius 2 is 1.63 bits per heavy atom. The van der Waals surface area contributed by atoms with Crippen molar-refractivity contribution in [1.29, 1.82) is 0 Å². The lowest BCUT2D eigenvalue weighted by Crippen LogP contribution is -1.95. The maximum atomic E-state index is 5.67. The Labute approximate surface area is 117 Å². The summed E-state index contributed by atoms with van der Waals surface area (Å²) in [5.41, 5.74) is 1.27. The largest absolute Gasteiger partial charge is 0.377 e. The topological polar surface area (TPSA) is 21.8 Å². The smallest absolute Gasteiger partial charge is 0.0810 e. The minimum Gasteiger partial charge on any atom is -0.377 e. The van der Waals surface area contributed by atoms with Crippen molar-refractivity contribution in [2.24, 2.45) is 0 Å². The Kier molecular flexibility index (Phi) is 6.97. The van der Waals surface area contributed by atoms with Gasteiger partial charge < -0.3 is 9.47 Å². The fraction of sp³-hybridized carbons (Fsp3) is 0.647. The number of benzene rings is 1. The van der Waals surface area contributed by atoms with Gasteiger partial charge in [0.2, 0.25) is 0 Å². The van der Waals surface area contributed by atoms with E-state index in [1.165, 1.54) is 50.5 Å². The monoisotopic (exact) mass is 262 g/mol. The van der Waals surface area contributed by atoms with Gasteiger partial charge in [-0.25, -0.2) is 0 Å². The maximum absolute atomic E-state index is 5.67. The lowest BCUT2D eigenvalue weighted by molar-refractivity contribution is 0.116. The summed E-state index contributed by atoms with van der Waals surface area (Å²) in [6.45, 7) is 2.66. The summed E-state index contributed by atoms with van der Waals surface area (Å²) in [6.07, 6.45) is 9.81. The van der Waals surface area contributed by atoms with Gasteiger partial charge in [-0.2, -0.15) is 0 Å². The molecule has 0 saturated carbocycles. The van der Waals surface area contributed by atoms with E-state index >= 15 is 0 Å². The molecule has 0 bridgehead atoms. The van der Waals surface area contributed by atoms with Crippen LogP contribution in [0.15, 0.2) is 30.3 Å². The molecule has 0 unspecified atom stereocenters. The minimum atomic E-state index is 0.617. The molecule has 0 N–H and O–H groups in total. The summed E-state index contributed by atoms with van der Waals surface area (Å²) in [6, 6.07) is 10.4. The quantitative estimate of drug-likeness (QED) is 0.437. The van der Waals surface area contributed by atoms with Crippen molar-refractivity contribution in [3.05, 3.63) is 35.9 Å². The number of rotatable bonds is 11. The first-order valence-corrected chi connectivity index (χ1v) is 7.68. The average molecular weight is 262 g/mol. The van der Waals surface area contributed by atoms with Gasteiger partial charge in [-0.05, 0) is 18.4 Å². The molecule has 1 aromatic carbocycles. The maximum Gasteiger partial charge on any atom is 0.0810 e. The van der Waals surface area contributed by atoms with E-state index in [2.05, 4.69) is 24.3 Å². The molecule has 1 aliphatic heterocycles. The summed E-state index contributed by atoms with van der Waals surface area (Å²) in [4.78, 5) is 0. The van der Waals surface area contributed by atoms with Gasteiger partial charge in [0.15, 0.2) is 0 Å². The Morgan fingerprint density at radius 1 is 0.947 bits per heavy atom. The summed E-state index contributed by atoms with van der Waals surface area (Å²) in [5.74, 6) is 0. The summed E-state index contributed by atoms with van der Waals surface area (Å²) >= 11 is 0. The van der Waals surface area contributed by atoms with Gasteiger partial charge in [0.05, 0.1) is 19.3 Å². The Morgan fingerprint density at radius 3 is 2.37 bits per heavy atom. The second-order valence-electron chi connectivity index (χ2n) is 5.40. The van der Waals surface area contributed by atoms with E-state index in [9.17, 15) is 0 Å². The zero-order valence-electron chi connectivity index (χ0n) is 11.9. The molecule has 2 rings (SSSR count). The lowest BCUT2D eigenvalue weighted by Gasteiger charge is -2.04. The van der Waals surface area contributed by atoms with E-state index < -0.39 is 0 Å². The van der Waals surface area contributed by atoms with E-state index in [4.69, 9.17) is 9.47 Å². The van der Waals surface area contributed by atoms with Crippen molar-refractivity contribution in [2.75, 3.05) is 13.2 Å². The highest BCUT2D eigenvalue weighted by Crippen LogP contribution is 2.18. The predicted octanol–water partition coefficient (Wildman–Crippen LogP) is 4.33. The molecular weight excluding hydrogens is 236 g/mol. The first kappa shape index (κ1) is 14.5. The van der Waals surface area contributed by atoms with Crippen LogP contribution in [0.1, 0.15) is 50.5 Å². The lowest BCUT2D eigenvalue weighted by atomic mass is 10.1. The van der Waals surface area contributed by atoms with Crippen LogP contribution in [0, 0.1) is 0 Å². The van der Waals surface area contributed by atoms with Crippen molar-refractivity contribution in [1.82, 2.24) is 0 Å². The number of unbranched alkanes of at least 4 members (excludes halogenated alkanes) is 5. The average Bonchev–Trinajstić information content (AvgIpc) is 3.26. The first-order chi connectivity index (χ1) is 9.45. The van der Waals surface area contributed by atoms with E-state index in [0.717, 1.165) is 19.8 Å². The molecule has 19 heavy (non-hydrogen) atoms. The van der Waals surface area contributed by atoms with E-state index in [1.807, 2.05) is 6.07 Å². The predicted molar refractivity (Wildman–Crippen MR) is 78.2 cm³/mol.